The van der Waals surface area contributed by atoms with Gasteiger partial charge in [0.2, 0.25) is 0 Å². The Hall–Kier alpha value is -2.09. The fourth-order valence-electron chi connectivity index (χ4n) is 2.26. The van der Waals surface area contributed by atoms with Crippen LogP contribution in [0.5, 0.6) is 0 Å². The van der Waals surface area contributed by atoms with Crippen molar-refractivity contribution in [2.24, 2.45) is 0 Å². The topological polar surface area (TPSA) is 56.7 Å². The predicted octanol–water partition coefficient (Wildman–Crippen LogP) is 3.61. The minimum Gasteiger partial charge on any atom is -0.389 e. The average Bonchev–Trinajstić information content (AvgIpc) is 2.90. The Kier molecular flexibility index (Phi) is 3.12. The molecule has 0 aliphatic carbocycles. The highest BCUT2D eigenvalue weighted by atomic mass is 32.1. The van der Waals surface area contributed by atoms with Crippen molar-refractivity contribution < 1.29 is 13.2 Å². The smallest absolute Gasteiger partial charge is 0.389 e. The predicted molar refractivity (Wildman–Crippen MR) is 76.0 cm³/mol. The van der Waals surface area contributed by atoms with E-state index < -0.39 is 12.7 Å². The van der Waals surface area contributed by atoms with E-state index in [4.69, 9.17) is 5.73 Å². The summed E-state index contributed by atoms with van der Waals surface area (Å²) in [6, 6.07) is 6.71. The third-order valence-electron chi connectivity index (χ3n) is 3.10. The van der Waals surface area contributed by atoms with Crippen LogP contribution in [0.3, 0.4) is 0 Å². The van der Waals surface area contributed by atoms with Crippen molar-refractivity contribution in [3.8, 4) is 11.4 Å². The van der Waals surface area contributed by atoms with Crippen molar-refractivity contribution in [1.82, 2.24) is 13.9 Å². The van der Waals surface area contributed by atoms with Crippen LogP contribution in [0, 0.1) is 6.92 Å². The molecule has 2 aromatic heterocycles. The number of rotatable bonds is 2. The Balaban J connectivity index is 2.29. The van der Waals surface area contributed by atoms with E-state index in [1.54, 1.807) is 31.2 Å². The van der Waals surface area contributed by atoms with Crippen molar-refractivity contribution in [2.75, 3.05) is 5.73 Å². The molecule has 0 saturated carbocycles. The minimum atomic E-state index is -4.34. The van der Waals surface area contributed by atoms with E-state index in [0.717, 1.165) is 16.1 Å². The van der Waals surface area contributed by atoms with Crippen LogP contribution in [0.4, 0.5) is 18.2 Å². The molecule has 0 bridgehead atoms. The van der Waals surface area contributed by atoms with E-state index in [1.165, 1.54) is 0 Å². The lowest BCUT2D eigenvalue weighted by Crippen LogP contribution is -2.18. The number of hydrogen-bond acceptors (Lipinski definition) is 4. The first-order valence-electron chi connectivity index (χ1n) is 6.11. The second-order valence-electron chi connectivity index (χ2n) is 4.63. The number of nitrogens with zero attached hydrogens (tertiary/aromatic N) is 3. The number of halogens is 3. The maximum absolute atomic E-state index is 12.9. The zero-order valence-corrected chi connectivity index (χ0v) is 11.8. The van der Waals surface area contributed by atoms with E-state index >= 15 is 0 Å². The number of nitrogens with two attached hydrogens (primary N) is 1. The van der Waals surface area contributed by atoms with Crippen LogP contribution in [0.25, 0.3) is 22.4 Å². The lowest BCUT2D eigenvalue weighted by molar-refractivity contribution is -0.139. The molecule has 3 aromatic rings. The third-order valence-corrected chi connectivity index (χ3v) is 3.87. The summed E-state index contributed by atoms with van der Waals surface area (Å²) in [4.78, 5) is 4.31. The Morgan fingerprint density at radius 1 is 1.29 bits per heavy atom. The van der Waals surface area contributed by atoms with Crippen molar-refractivity contribution in [3.63, 3.8) is 0 Å². The Morgan fingerprint density at radius 3 is 2.62 bits per heavy atom. The van der Waals surface area contributed by atoms with E-state index in [1.807, 2.05) is 0 Å². The molecule has 8 heteroatoms. The van der Waals surface area contributed by atoms with Gasteiger partial charge in [-0.1, -0.05) is 12.1 Å². The van der Waals surface area contributed by atoms with Crippen LogP contribution >= 0.6 is 11.5 Å². The largest absolute Gasteiger partial charge is 0.406 e. The monoisotopic (exact) mass is 312 g/mol. The summed E-state index contributed by atoms with van der Waals surface area (Å²) in [5, 5.41) is 0.367. The number of para-hydroxylation sites is 2. The van der Waals surface area contributed by atoms with Gasteiger partial charge in [-0.15, -0.1) is 0 Å². The molecule has 0 aliphatic rings. The molecule has 110 valence electrons. The molecule has 0 spiro atoms. The Bertz CT molecular complexity index is 784. The van der Waals surface area contributed by atoms with Gasteiger partial charge in [0, 0.05) is 0 Å². The van der Waals surface area contributed by atoms with Gasteiger partial charge in [0.1, 0.15) is 17.4 Å². The van der Waals surface area contributed by atoms with E-state index in [0.29, 0.717) is 27.3 Å². The lowest BCUT2D eigenvalue weighted by Gasteiger charge is -2.12. The number of anilines is 1. The lowest BCUT2D eigenvalue weighted by atomic mass is 10.2. The fraction of sp³-hybridized carbons (Fsp3) is 0.231. The molecular formula is C13H11F3N4S. The quantitative estimate of drug-likeness (QED) is 0.786. The van der Waals surface area contributed by atoms with Gasteiger partial charge in [0.15, 0.2) is 0 Å². The van der Waals surface area contributed by atoms with Gasteiger partial charge in [-0.2, -0.15) is 17.5 Å². The number of hydrogen-bond donors (Lipinski definition) is 1. The highest BCUT2D eigenvalue weighted by Gasteiger charge is 2.31. The van der Waals surface area contributed by atoms with Gasteiger partial charge >= 0.3 is 6.18 Å². The molecule has 0 aliphatic heterocycles. The summed E-state index contributed by atoms with van der Waals surface area (Å²) in [6.45, 7) is 0.594. The molecule has 2 heterocycles. The summed E-state index contributed by atoms with van der Waals surface area (Å²) in [5.74, 6) is 0.206. The number of benzene rings is 1. The molecule has 0 unspecified atom stereocenters. The number of aryl methyl sites for hydroxylation is 1. The first-order valence-corrected chi connectivity index (χ1v) is 6.88. The summed E-state index contributed by atoms with van der Waals surface area (Å²) >= 11 is 1.06. The van der Waals surface area contributed by atoms with Crippen LogP contribution in [-0.2, 0) is 6.54 Å². The second kappa shape index (κ2) is 4.73. The molecule has 1 aromatic carbocycles. The molecule has 2 N–H and O–H groups in total. The van der Waals surface area contributed by atoms with E-state index in [9.17, 15) is 13.2 Å². The van der Waals surface area contributed by atoms with Gasteiger partial charge in [-0.3, -0.25) is 0 Å². The Labute approximate surface area is 122 Å². The minimum absolute atomic E-state index is 0.206. The van der Waals surface area contributed by atoms with Crippen molar-refractivity contribution in [2.45, 2.75) is 19.6 Å². The fourth-order valence-corrected chi connectivity index (χ4v) is 2.92. The molecule has 3 rings (SSSR count). The normalized spacial score (nSPS) is 12.2. The standard InChI is InChI=1S/C13H11F3N4S/c1-7-10(11(17)21-19-7)12-18-8-4-2-3-5-9(8)20(12)6-13(14,15)16/h2-5H,6,17H2,1H3. The molecule has 0 fully saturated rings. The molecule has 0 radical (unpaired) electrons. The third kappa shape index (κ3) is 2.46. The highest BCUT2D eigenvalue weighted by molar-refractivity contribution is 7.10. The summed E-state index contributed by atoms with van der Waals surface area (Å²) in [6.07, 6.45) is -4.34. The van der Waals surface area contributed by atoms with Crippen LogP contribution in [-0.4, -0.2) is 20.1 Å². The Morgan fingerprint density at radius 2 is 2.00 bits per heavy atom. The number of imidazole rings is 1. The zero-order chi connectivity index (χ0) is 15.2. The van der Waals surface area contributed by atoms with Gasteiger partial charge < -0.3 is 10.3 Å². The number of fused-ring (bicyclic) bond motifs is 1. The van der Waals surface area contributed by atoms with Gasteiger partial charge in [-0.25, -0.2) is 4.98 Å². The van der Waals surface area contributed by atoms with Crippen LogP contribution in [0.1, 0.15) is 5.69 Å². The van der Waals surface area contributed by atoms with Gasteiger partial charge in [-0.05, 0) is 30.6 Å². The number of aromatic nitrogens is 3. The van der Waals surface area contributed by atoms with Crippen molar-refractivity contribution in [1.29, 1.82) is 0 Å². The molecule has 21 heavy (non-hydrogen) atoms. The average molecular weight is 312 g/mol. The molecular weight excluding hydrogens is 301 g/mol. The first kappa shape index (κ1) is 13.9. The highest BCUT2D eigenvalue weighted by Crippen LogP contribution is 2.35. The van der Waals surface area contributed by atoms with E-state index in [2.05, 4.69) is 9.36 Å². The zero-order valence-electron chi connectivity index (χ0n) is 11.0. The van der Waals surface area contributed by atoms with Crippen molar-refractivity contribution >= 4 is 27.6 Å². The van der Waals surface area contributed by atoms with Crippen LogP contribution < -0.4 is 5.73 Å². The molecule has 0 amide bonds. The molecule has 0 saturated heterocycles. The van der Waals surface area contributed by atoms with Crippen LogP contribution in [0.2, 0.25) is 0 Å². The van der Waals surface area contributed by atoms with E-state index in [-0.39, 0.29) is 5.82 Å². The number of nitrogen functional groups attached to an aromatic ring is 1. The second-order valence-corrected chi connectivity index (χ2v) is 5.44. The molecule has 4 nitrogen and oxygen atoms in total. The van der Waals surface area contributed by atoms with Crippen molar-refractivity contribution in [3.05, 3.63) is 30.0 Å². The summed E-state index contributed by atoms with van der Waals surface area (Å²) < 4.78 is 43.9. The molecule has 0 atom stereocenters. The summed E-state index contributed by atoms with van der Waals surface area (Å²) in [5.41, 5.74) is 7.83. The van der Waals surface area contributed by atoms with Crippen LogP contribution in [0.15, 0.2) is 24.3 Å². The summed E-state index contributed by atoms with van der Waals surface area (Å²) in [7, 11) is 0. The first-order chi connectivity index (χ1) is 9.87. The van der Waals surface area contributed by atoms with Gasteiger partial charge in [0.25, 0.3) is 0 Å². The maximum Gasteiger partial charge on any atom is 0.406 e. The SMILES string of the molecule is Cc1nsc(N)c1-c1nc2ccccc2n1CC(F)(F)F. The number of alkyl halides is 3. The van der Waals surface area contributed by atoms with Gasteiger partial charge in [0.05, 0.1) is 22.3 Å². The maximum atomic E-state index is 12.9.